The normalized spacial score (nSPS) is 19.8. The van der Waals surface area contributed by atoms with Crippen LogP contribution in [0.15, 0.2) is 29.2 Å². The van der Waals surface area contributed by atoms with E-state index in [9.17, 15) is 26.7 Å². The first-order chi connectivity index (χ1) is 8.23. The Morgan fingerprint density at radius 3 is 2.44 bits per heavy atom. The van der Waals surface area contributed by atoms with Crippen LogP contribution in [0.3, 0.4) is 0 Å². The van der Waals surface area contributed by atoms with Gasteiger partial charge in [0.25, 0.3) is 9.84 Å². The van der Waals surface area contributed by atoms with E-state index in [0.717, 1.165) is 6.08 Å². The average molecular weight is 280 g/mol. The van der Waals surface area contributed by atoms with Crippen LogP contribution in [0.4, 0.5) is 13.2 Å². The van der Waals surface area contributed by atoms with Crippen molar-refractivity contribution in [3.8, 4) is 5.75 Å². The minimum Gasteiger partial charge on any atom is -0.459 e. The van der Waals surface area contributed by atoms with Crippen molar-refractivity contribution in [2.45, 2.75) is 11.8 Å². The Morgan fingerprint density at radius 2 is 1.83 bits per heavy atom. The Hall–Kier alpha value is -1.54. The molecule has 0 fully saturated rings. The smallest absolute Gasteiger partial charge is 0.459 e. The van der Waals surface area contributed by atoms with Crippen molar-refractivity contribution in [2.24, 2.45) is 0 Å². The van der Waals surface area contributed by atoms with Gasteiger partial charge >= 0.3 is 5.51 Å². The maximum Gasteiger partial charge on any atom is 0.501 e. The lowest BCUT2D eigenvalue weighted by molar-refractivity contribution is -0.0455. The number of aliphatic hydroxyl groups excluding tert-OH is 1. The van der Waals surface area contributed by atoms with Crippen LogP contribution >= 0.6 is 0 Å². The van der Waals surface area contributed by atoms with Gasteiger partial charge < -0.3 is 9.84 Å². The molecule has 0 amide bonds. The zero-order chi connectivity index (χ0) is 13.6. The van der Waals surface area contributed by atoms with Crippen molar-refractivity contribution in [3.05, 3.63) is 34.7 Å². The third-order valence-electron chi connectivity index (χ3n) is 2.31. The van der Waals surface area contributed by atoms with E-state index in [2.05, 4.69) is 0 Å². The van der Waals surface area contributed by atoms with Crippen LogP contribution in [0.5, 0.6) is 5.75 Å². The highest BCUT2D eigenvalue weighted by atomic mass is 32.2. The summed E-state index contributed by atoms with van der Waals surface area (Å²) in [4.78, 5) is -1.21. The third kappa shape index (κ3) is 1.97. The molecule has 1 aromatic carbocycles. The number of ether oxygens (including phenoxy) is 1. The van der Waals surface area contributed by atoms with Crippen LogP contribution in [-0.2, 0) is 9.84 Å². The van der Waals surface area contributed by atoms with Gasteiger partial charge in [0, 0.05) is 5.56 Å². The van der Waals surface area contributed by atoms with Gasteiger partial charge in [-0.2, -0.15) is 13.2 Å². The molecule has 1 atom stereocenters. The summed E-state index contributed by atoms with van der Waals surface area (Å²) in [5.74, 6) is 0.117. The van der Waals surface area contributed by atoms with Gasteiger partial charge in [-0.25, -0.2) is 8.42 Å². The summed E-state index contributed by atoms with van der Waals surface area (Å²) in [5.41, 5.74) is -5.32. The number of fused-ring (bicyclic) bond motifs is 1. The number of halogens is 3. The van der Waals surface area contributed by atoms with E-state index >= 15 is 0 Å². The monoisotopic (exact) mass is 280 g/mol. The van der Waals surface area contributed by atoms with Gasteiger partial charge in [0.1, 0.15) is 10.7 Å². The molecule has 18 heavy (non-hydrogen) atoms. The van der Waals surface area contributed by atoms with Gasteiger partial charge in [-0.3, -0.25) is 0 Å². The van der Waals surface area contributed by atoms with Crippen LogP contribution in [0, 0.1) is 0 Å². The maximum absolute atomic E-state index is 12.4. The number of benzene rings is 1. The molecule has 1 unspecified atom stereocenters. The fourth-order valence-corrected chi connectivity index (χ4v) is 2.32. The first-order valence-electron chi connectivity index (χ1n) is 4.70. The summed E-state index contributed by atoms with van der Waals surface area (Å²) in [5, 5.41) is 9.34. The van der Waals surface area contributed by atoms with Gasteiger partial charge in [-0.1, -0.05) is 18.2 Å². The van der Waals surface area contributed by atoms with Crippen molar-refractivity contribution >= 4 is 15.9 Å². The van der Waals surface area contributed by atoms with Crippen LogP contribution in [-0.4, -0.2) is 25.3 Å². The molecule has 98 valence electrons. The molecule has 2 rings (SSSR count). The molecule has 0 aromatic heterocycles. The molecule has 0 saturated heterocycles. The molecule has 0 bridgehead atoms. The summed E-state index contributed by atoms with van der Waals surface area (Å²) < 4.78 is 64.2. The number of rotatable bonds is 1. The molecule has 1 aliphatic heterocycles. The topological polar surface area (TPSA) is 63.6 Å². The predicted molar refractivity (Wildman–Crippen MR) is 56.0 cm³/mol. The van der Waals surface area contributed by atoms with Gasteiger partial charge in [-0.15, -0.1) is 0 Å². The number of hydrogen-bond donors (Lipinski definition) is 1. The Kier molecular flexibility index (Phi) is 2.86. The first-order valence-corrected chi connectivity index (χ1v) is 6.18. The first kappa shape index (κ1) is 12.9. The van der Waals surface area contributed by atoms with E-state index in [1.807, 2.05) is 0 Å². The lowest BCUT2D eigenvalue weighted by Gasteiger charge is -2.23. The van der Waals surface area contributed by atoms with Crippen molar-refractivity contribution in [3.63, 3.8) is 0 Å². The molecule has 1 N–H and O–H groups in total. The summed E-state index contributed by atoms with van der Waals surface area (Å²) >= 11 is 0. The van der Waals surface area contributed by atoms with E-state index in [1.54, 1.807) is 6.07 Å². The SMILES string of the molecule is O=S(=O)(C1=Cc2ccccc2OC1O)C(F)(F)F. The predicted octanol–water partition coefficient (Wildman–Crippen LogP) is 1.67. The highest BCUT2D eigenvalue weighted by Crippen LogP contribution is 2.37. The highest BCUT2D eigenvalue weighted by Gasteiger charge is 2.51. The number of para-hydroxylation sites is 1. The molecule has 0 spiro atoms. The molecule has 1 aromatic rings. The molecule has 0 saturated carbocycles. The Bertz CT molecular complexity index is 604. The van der Waals surface area contributed by atoms with Crippen molar-refractivity contribution < 1.29 is 31.4 Å². The highest BCUT2D eigenvalue weighted by molar-refractivity contribution is 7.96. The second-order valence-corrected chi connectivity index (χ2v) is 5.45. The quantitative estimate of drug-likeness (QED) is 0.850. The zero-order valence-corrected chi connectivity index (χ0v) is 9.49. The summed E-state index contributed by atoms with van der Waals surface area (Å²) in [6.45, 7) is 0. The molecule has 4 nitrogen and oxygen atoms in total. The van der Waals surface area contributed by atoms with Gasteiger partial charge in [0.15, 0.2) is 0 Å². The van der Waals surface area contributed by atoms with Crippen molar-refractivity contribution in [1.82, 2.24) is 0 Å². The van der Waals surface area contributed by atoms with Crippen LogP contribution in [0.1, 0.15) is 5.56 Å². The number of aliphatic hydroxyl groups is 1. The van der Waals surface area contributed by atoms with Gasteiger partial charge in [0.05, 0.1) is 0 Å². The molecule has 0 radical (unpaired) electrons. The van der Waals surface area contributed by atoms with E-state index in [0.29, 0.717) is 0 Å². The Morgan fingerprint density at radius 1 is 1.22 bits per heavy atom. The van der Waals surface area contributed by atoms with Crippen LogP contribution in [0.2, 0.25) is 0 Å². The molecule has 1 aliphatic rings. The minimum absolute atomic E-state index is 0.117. The van der Waals surface area contributed by atoms with E-state index in [-0.39, 0.29) is 11.3 Å². The number of hydrogen-bond acceptors (Lipinski definition) is 4. The molecular weight excluding hydrogens is 273 g/mol. The standard InChI is InChI=1S/C10H7F3O4S/c11-10(12,13)18(15,16)8-5-6-3-1-2-4-7(6)17-9(8)14/h1-5,9,14H. The number of alkyl halides is 3. The number of sulfone groups is 1. The lowest BCUT2D eigenvalue weighted by Crippen LogP contribution is -2.34. The van der Waals surface area contributed by atoms with Crippen molar-refractivity contribution in [2.75, 3.05) is 0 Å². The minimum atomic E-state index is -5.61. The fourth-order valence-electron chi connectivity index (χ4n) is 1.45. The zero-order valence-electron chi connectivity index (χ0n) is 8.68. The molecular formula is C10H7F3O4S. The van der Waals surface area contributed by atoms with Crippen molar-refractivity contribution in [1.29, 1.82) is 0 Å². The summed E-state index contributed by atoms with van der Waals surface area (Å²) in [6, 6.07) is 5.84. The van der Waals surface area contributed by atoms with E-state index in [4.69, 9.17) is 4.74 Å². The van der Waals surface area contributed by atoms with E-state index < -0.39 is 26.5 Å². The van der Waals surface area contributed by atoms with Crippen LogP contribution in [0.25, 0.3) is 6.08 Å². The molecule has 0 aliphatic carbocycles. The second kappa shape index (κ2) is 3.99. The van der Waals surface area contributed by atoms with E-state index in [1.165, 1.54) is 18.2 Å². The van der Waals surface area contributed by atoms with Crippen LogP contribution < -0.4 is 4.74 Å². The maximum atomic E-state index is 12.4. The average Bonchev–Trinajstić information content (AvgIpc) is 2.26. The summed E-state index contributed by atoms with van der Waals surface area (Å²) in [6.07, 6.45) is -1.40. The lowest BCUT2D eigenvalue weighted by atomic mass is 10.1. The fraction of sp³-hybridized carbons (Fsp3) is 0.200. The third-order valence-corrected chi connectivity index (χ3v) is 3.86. The summed E-state index contributed by atoms with van der Waals surface area (Å²) in [7, 11) is -5.61. The molecule has 1 heterocycles. The Labute approximate surface area is 100 Å². The second-order valence-electron chi connectivity index (χ2n) is 3.50. The molecule has 8 heteroatoms. The van der Waals surface area contributed by atoms with Gasteiger partial charge in [-0.05, 0) is 12.1 Å². The Balaban J connectivity index is 2.57. The van der Waals surface area contributed by atoms with Gasteiger partial charge in [0.2, 0.25) is 6.29 Å². The largest absolute Gasteiger partial charge is 0.501 e.